The molecule has 0 aliphatic heterocycles. The number of nitrogens with zero attached hydrogens (tertiary/aromatic N) is 1. The first kappa shape index (κ1) is 12.7. The maximum atomic E-state index is 10.8. The van der Waals surface area contributed by atoms with Crippen molar-refractivity contribution in [1.82, 2.24) is 4.98 Å². The molecule has 0 aromatic carbocycles. The number of hydrogen-bond acceptors (Lipinski definition) is 4. The number of aromatic nitrogens is 1. The average Bonchev–Trinajstić information content (AvgIpc) is 2.34. The summed E-state index contributed by atoms with van der Waals surface area (Å²) in [6.07, 6.45) is 4.54. The van der Waals surface area contributed by atoms with Crippen LogP contribution in [0.1, 0.15) is 31.2 Å². The van der Waals surface area contributed by atoms with E-state index in [9.17, 15) is 4.79 Å². The molecular weight excluding hydrogens is 232 g/mol. The number of rotatable bonds is 3. The van der Waals surface area contributed by atoms with Crippen LogP contribution in [0.15, 0.2) is 12.3 Å². The third-order valence-corrected chi connectivity index (χ3v) is 3.44. The van der Waals surface area contributed by atoms with Crippen molar-refractivity contribution in [3.8, 4) is 5.88 Å². The number of hydrogen-bond donors (Lipinski definition) is 2. The van der Waals surface area contributed by atoms with Gasteiger partial charge in [-0.25, -0.2) is 4.98 Å². The van der Waals surface area contributed by atoms with Crippen LogP contribution in [0.5, 0.6) is 5.88 Å². The maximum Gasteiger partial charge on any atom is 0.306 e. The van der Waals surface area contributed by atoms with Gasteiger partial charge in [-0.3, -0.25) is 4.79 Å². The third kappa shape index (κ3) is 2.91. The smallest absolute Gasteiger partial charge is 0.306 e. The normalized spacial score (nSPS) is 23.6. The molecule has 0 radical (unpaired) electrons. The van der Waals surface area contributed by atoms with Crippen LogP contribution < -0.4 is 10.5 Å². The highest BCUT2D eigenvalue weighted by Gasteiger charge is 2.27. The molecule has 0 saturated heterocycles. The Morgan fingerprint density at radius 1 is 1.44 bits per heavy atom. The lowest BCUT2D eigenvalue weighted by Crippen LogP contribution is -2.28. The molecule has 18 heavy (non-hydrogen) atoms. The fourth-order valence-corrected chi connectivity index (χ4v) is 2.20. The molecule has 1 saturated carbocycles. The highest BCUT2D eigenvalue weighted by atomic mass is 16.5. The molecule has 0 unspecified atom stereocenters. The van der Waals surface area contributed by atoms with Crippen LogP contribution >= 0.6 is 0 Å². The third-order valence-electron chi connectivity index (χ3n) is 3.44. The van der Waals surface area contributed by atoms with Gasteiger partial charge in [0.25, 0.3) is 0 Å². The Kier molecular flexibility index (Phi) is 3.69. The second-order valence-electron chi connectivity index (χ2n) is 4.81. The topological polar surface area (TPSA) is 85.4 Å². The summed E-state index contributed by atoms with van der Waals surface area (Å²) in [4.78, 5) is 15.0. The van der Waals surface area contributed by atoms with E-state index in [2.05, 4.69) is 4.98 Å². The van der Waals surface area contributed by atoms with E-state index in [1.165, 1.54) is 0 Å². The molecule has 0 atom stereocenters. The van der Waals surface area contributed by atoms with Crippen molar-refractivity contribution in [3.05, 3.63) is 17.8 Å². The molecular formula is C13H18N2O3. The SMILES string of the molecule is Cc1cc(OC2CCC(C(=O)O)CC2)ncc1N. The van der Waals surface area contributed by atoms with E-state index in [1.807, 2.05) is 13.0 Å². The van der Waals surface area contributed by atoms with E-state index in [1.54, 1.807) is 6.20 Å². The number of aryl methyl sites for hydroxylation is 1. The van der Waals surface area contributed by atoms with Gasteiger partial charge < -0.3 is 15.6 Å². The standard InChI is InChI=1S/C13H18N2O3/c1-8-6-12(15-7-11(8)14)18-10-4-2-9(3-5-10)13(16)17/h6-7,9-10H,2-5,14H2,1H3,(H,16,17). The Bertz CT molecular complexity index is 440. The average molecular weight is 250 g/mol. The zero-order valence-electron chi connectivity index (χ0n) is 10.4. The van der Waals surface area contributed by atoms with E-state index < -0.39 is 5.97 Å². The van der Waals surface area contributed by atoms with Gasteiger partial charge in [0.1, 0.15) is 6.10 Å². The maximum absolute atomic E-state index is 10.8. The van der Waals surface area contributed by atoms with Gasteiger partial charge in [0.15, 0.2) is 0 Å². The molecule has 0 spiro atoms. The van der Waals surface area contributed by atoms with Crippen molar-refractivity contribution in [1.29, 1.82) is 0 Å². The lowest BCUT2D eigenvalue weighted by atomic mass is 9.87. The number of nitrogen functional groups attached to an aromatic ring is 1. The van der Waals surface area contributed by atoms with Crippen molar-refractivity contribution >= 4 is 11.7 Å². The molecule has 2 rings (SSSR count). The Morgan fingerprint density at radius 2 is 2.11 bits per heavy atom. The Balaban J connectivity index is 1.91. The minimum Gasteiger partial charge on any atom is -0.481 e. The van der Waals surface area contributed by atoms with E-state index in [0.717, 1.165) is 18.4 Å². The van der Waals surface area contributed by atoms with Crippen molar-refractivity contribution < 1.29 is 14.6 Å². The highest BCUT2D eigenvalue weighted by molar-refractivity contribution is 5.70. The van der Waals surface area contributed by atoms with Gasteiger partial charge >= 0.3 is 5.97 Å². The Hall–Kier alpha value is -1.78. The first-order valence-electron chi connectivity index (χ1n) is 6.18. The summed E-state index contributed by atoms with van der Waals surface area (Å²) in [5.41, 5.74) is 7.28. The summed E-state index contributed by atoms with van der Waals surface area (Å²) in [5.74, 6) is -0.346. The van der Waals surface area contributed by atoms with Crippen molar-refractivity contribution in [2.45, 2.75) is 38.7 Å². The number of aliphatic carboxylic acids is 1. The van der Waals surface area contributed by atoms with Gasteiger partial charge in [-0.1, -0.05) is 0 Å². The molecule has 3 N–H and O–H groups in total. The van der Waals surface area contributed by atoms with Crippen LogP contribution in [-0.4, -0.2) is 22.2 Å². The summed E-state index contributed by atoms with van der Waals surface area (Å²) in [5, 5.41) is 8.91. The molecule has 5 nitrogen and oxygen atoms in total. The van der Waals surface area contributed by atoms with Gasteiger partial charge in [0.2, 0.25) is 5.88 Å². The van der Waals surface area contributed by atoms with E-state index in [4.69, 9.17) is 15.6 Å². The monoisotopic (exact) mass is 250 g/mol. The molecule has 1 aliphatic rings. The molecule has 0 bridgehead atoms. The van der Waals surface area contributed by atoms with Crippen molar-refractivity contribution in [3.63, 3.8) is 0 Å². The summed E-state index contributed by atoms with van der Waals surface area (Å²) in [7, 11) is 0. The second-order valence-corrected chi connectivity index (χ2v) is 4.81. The van der Waals surface area contributed by atoms with Crippen LogP contribution in [0, 0.1) is 12.8 Å². The first-order chi connectivity index (χ1) is 8.56. The van der Waals surface area contributed by atoms with E-state index in [-0.39, 0.29) is 12.0 Å². The fourth-order valence-electron chi connectivity index (χ4n) is 2.20. The lowest BCUT2D eigenvalue weighted by molar-refractivity contribution is -0.143. The summed E-state index contributed by atoms with van der Waals surface area (Å²) < 4.78 is 5.76. The number of pyridine rings is 1. The summed E-state index contributed by atoms with van der Waals surface area (Å²) >= 11 is 0. The zero-order chi connectivity index (χ0) is 13.1. The van der Waals surface area contributed by atoms with E-state index >= 15 is 0 Å². The quantitative estimate of drug-likeness (QED) is 0.856. The molecule has 1 aromatic rings. The number of carboxylic acid groups (broad SMARTS) is 1. The predicted octanol–water partition coefficient (Wildman–Crippen LogP) is 1.99. The van der Waals surface area contributed by atoms with Crippen molar-refractivity contribution in [2.24, 2.45) is 5.92 Å². The molecule has 0 amide bonds. The first-order valence-corrected chi connectivity index (χ1v) is 6.18. The van der Waals surface area contributed by atoms with Gasteiger partial charge in [0.05, 0.1) is 17.8 Å². The fraction of sp³-hybridized carbons (Fsp3) is 0.538. The zero-order valence-corrected chi connectivity index (χ0v) is 10.4. The predicted molar refractivity (Wildman–Crippen MR) is 67.4 cm³/mol. The number of nitrogens with two attached hydrogens (primary N) is 1. The largest absolute Gasteiger partial charge is 0.481 e. The van der Waals surface area contributed by atoms with Crippen LogP contribution in [-0.2, 0) is 4.79 Å². The second kappa shape index (κ2) is 5.25. The number of anilines is 1. The lowest BCUT2D eigenvalue weighted by Gasteiger charge is -2.26. The van der Waals surface area contributed by atoms with Crippen LogP contribution in [0.2, 0.25) is 0 Å². The molecule has 1 fully saturated rings. The van der Waals surface area contributed by atoms with Crippen LogP contribution in [0.3, 0.4) is 0 Å². The number of carbonyl (C=O) groups is 1. The van der Waals surface area contributed by atoms with Crippen molar-refractivity contribution in [2.75, 3.05) is 5.73 Å². The van der Waals surface area contributed by atoms with E-state index in [0.29, 0.717) is 24.4 Å². The Labute approximate surface area is 106 Å². The minimum absolute atomic E-state index is 0.0659. The van der Waals surface area contributed by atoms with Crippen LogP contribution in [0.4, 0.5) is 5.69 Å². The molecule has 98 valence electrons. The van der Waals surface area contributed by atoms with Gasteiger partial charge in [-0.05, 0) is 38.2 Å². The summed E-state index contributed by atoms with van der Waals surface area (Å²) in [6.45, 7) is 1.91. The Morgan fingerprint density at radius 3 is 2.67 bits per heavy atom. The number of ether oxygens (including phenoxy) is 1. The molecule has 1 aliphatic carbocycles. The van der Waals surface area contributed by atoms with Crippen LogP contribution in [0.25, 0.3) is 0 Å². The molecule has 1 aromatic heterocycles. The number of carboxylic acids is 1. The van der Waals surface area contributed by atoms with Gasteiger partial charge in [0, 0.05) is 6.07 Å². The molecule has 1 heterocycles. The minimum atomic E-state index is -0.699. The highest BCUT2D eigenvalue weighted by Crippen LogP contribution is 2.27. The molecule has 5 heteroatoms. The van der Waals surface area contributed by atoms with Gasteiger partial charge in [-0.2, -0.15) is 0 Å². The van der Waals surface area contributed by atoms with Gasteiger partial charge in [-0.15, -0.1) is 0 Å². The summed E-state index contributed by atoms with van der Waals surface area (Å²) in [6, 6.07) is 1.82.